The Bertz CT molecular complexity index is 864. The van der Waals surface area contributed by atoms with E-state index in [2.05, 4.69) is 0 Å². The van der Waals surface area contributed by atoms with Crippen LogP contribution in [0.1, 0.15) is 50.2 Å². The van der Waals surface area contributed by atoms with Crippen LogP contribution in [0.5, 0.6) is 0 Å². The molecular formula is C24H26F4O. The van der Waals surface area contributed by atoms with Crippen molar-refractivity contribution >= 4 is 0 Å². The minimum atomic E-state index is -1.53. The van der Waals surface area contributed by atoms with Gasteiger partial charge in [-0.15, -0.1) is 0 Å². The van der Waals surface area contributed by atoms with Gasteiger partial charge in [0.1, 0.15) is 5.82 Å². The van der Waals surface area contributed by atoms with Crippen molar-refractivity contribution in [3.63, 3.8) is 0 Å². The largest absolute Gasteiger partial charge is 0.379 e. The molecule has 0 aliphatic heterocycles. The van der Waals surface area contributed by atoms with Gasteiger partial charge in [-0.2, -0.15) is 0 Å². The van der Waals surface area contributed by atoms with E-state index in [4.69, 9.17) is 4.74 Å². The number of ether oxygens (including phenoxy) is 1. The molecule has 0 N–H and O–H groups in total. The highest BCUT2D eigenvalue weighted by molar-refractivity contribution is 5.66. The Hall–Kier alpha value is -1.88. The van der Waals surface area contributed by atoms with Crippen LogP contribution in [0.3, 0.4) is 0 Å². The molecule has 156 valence electrons. The summed E-state index contributed by atoms with van der Waals surface area (Å²) in [5, 5.41) is 0. The smallest absolute Gasteiger partial charge is 0.194 e. The fourth-order valence-corrected chi connectivity index (χ4v) is 5.14. The van der Waals surface area contributed by atoms with Crippen molar-refractivity contribution in [2.75, 3.05) is 6.61 Å². The zero-order valence-electron chi connectivity index (χ0n) is 16.6. The van der Waals surface area contributed by atoms with Crippen LogP contribution in [-0.4, -0.2) is 12.7 Å². The summed E-state index contributed by atoms with van der Waals surface area (Å²) in [5.41, 5.74) is 1.76. The standard InChI is InChI=1S/C24H26F4O/c1-2-29-18-7-3-14(4-8-18)15-5-9-19-16(11-15)6-10-20(23(19)27)17-12-21(25)24(28)22(26)13-17/h6,10,12-15,18H,2-5,7-9,11H2,1H3. The molecule has 4 rings (SSSR count). The normalized spacial score (nSPS) is 24.4. The molecule has 2 aliphatic carbocycles. The lowest BCUT2D eigenvalue weighted by Crippen LogP contribution is -2.29. The Balaban J connectivity index is 1.52. The van der Waals surface area contributed by atoms with E-state index >= 15 is 4.39 Å². The topological polar surface area (TPSA) is 9.23 Å². The molecule has 0 bridgehead atoms. The number of hydrogen-bond acceptors (Lipinski definition) is 1. The monoisotopic (exact) mass is 406 g/mol. The Labute approximate surface area is 169 Å². The van der Waals surface area contributed by atoms with Crippen LogP contribution in [0.25, 0.3) is 11.1 Å². The molecule has 2 aromatic carbocycles. The van der Waals surface area contributed by atoms with E-state index in [0.717, 1.165) is 62.8 Å². The summed E-state index contributed by atoms with van der Waals surface area (Å²) in [6, 6.07) is 5.14. The van der Waals surface area contributed by atoms with Gasteiger partial charge in [-0.1, -0.05) is 12.1 Å². The van der Waals surface area contributed by atoms with E-state index in [-0.39, 0.29) is 11.1 Å². The summed E-state index contributed by atoms with van der Waals surface area (Å²) >= 11 is 0. The van der Waals surface area contributed by atoms with Crippen LogP contribution in [0.4, 0.5) is 17.6 Å². The van der Waals surface area contributed by atoms with Gasteiger partial charge in [0, 0.05) is 12.2 Å². The molecule has 0 radical (unpaired) electrons. The highest BCUT2D eigenvalue weighted by Crippen LogP contribution is 2.40. The second kappa shape index (κ2) is 8.47. The summed E-state index contributed by atoms with van der Waals surface area (Å²) in [4.78, 5) is 0. The summed E-state index contributed by atoms with van der Waals surface area (Å²) in [6.07, 6.45) is 7.25. The molecule has 0 saturated heterocycles. The van der Waals surface area contributed by atoms with Crippen LogP contribution in [0.15, 0.2) is 24.3 Å². The Morgan fingerprint density at radius 2 is 1.55 bits per heavy atom. The van der Waals surface area contributed by atoms with Crippen LogP contribution >= 0.6 is 0 Å². The third-order valence-corrected chi connectivity index (χ3v) is 6.67. The summed E-state index contributed by atoms with van der Waals surface area (Å²) in [6.45, 7) is 2.79. The van der Waals surface area contributed by atoms with Crippen LogP contribution < -0.4 is 0 Å². The zero-order chi connectivity index (χ0) is 20.5. The van der Waals surface area contributed by atoms with Crippen molar-refractivity contribution in [3.05, 3.63) is 58.7 Å². The molecule has 0 aromatic heterocycles. The number of hydrogen-bond donors (Lipinski definition) is 0. The number of fused-ring (bicyclic) bond motifs is 1. The zero-order valence-corrected chi connectivity index (χ0v) is 16.6. The first-order valence-electron chi connectivity index (χ1n) is 10.5. The van der Waals surface area contributed by atoms with Crippen molar-refractivity contribution in [1.82, 2.24) is 0 Å². The summed E-state index contributed by atoms with van der Waals surface area (Å²) in [5.74, 6) is -3.40. The van der Waals surface area contributed by atoms with E-state index in [1.807, 2.05) is 13.0 Å². The van der Waals surface area contributed by atoms with Crippen molar-refractivity contribution < 1.29 is 22.3 Å². The van der Waals surface area contributed by atoms with Crippen LogP contribution in [-0.2, 0) is 17.6 Å². The minimum absolute atomic E-state index is 0.0260. The first-order valence-corrected chi connectivity index (χ1v) is 10.5. The van der Waals surface area contributed by atoms with Gasteiger partial charge in [-0.3, -0.25) is 0 Å². The molecule has 0 heterocycles. The molecule has 5 heteroatoms. The maximum atomic E-state index is 15.2. The molecule has 0 spiro atoms. The van der Waals surface area contributed by atoms with Gasteiger partial charge in [-0.25, -0.2) is 17.6 Å². The maximum absolute atomic E-state index is 15.2. The molecule has 29 heavy (non-hydrogen) atoms. The highest BCUT2D eigenvalue weighted by atomic mass is 19.2. The quantitative estimate of drug-likeness (QED) is 0.410. The number of benzene rings is 2. The van der Waals surface area contributed by atoms with Crippen molar-refractivity contribution in [1.29, 1.82) is 0 Å². The van der Waals surface area contributed by atoms with E-state index in [1.54, 1.807) is 6.07 Å². The van der Waals surface area contributed by atoms with Gasteiger partial charge in [0.15, 0.2) is 17.5 Å². The van der Waals surface area contributed by atoms with Crippen molar-refractivity contribution in [2.45, 2.75) is 58.0 Å². The predicted molar refractivity (Wildman–Crippen MR) is 105 cm³/mol. The average Bonchev–Trinajstić information content (AvgIpc) is 2.72. The maximum Gasteiger partial charge on any atom is 0.194 e. The molecule has 1 atom stereocenters. The van der Waals surface area contributed by atoms with Crippen LogP contribution in [0.2, 0.25) is 0 Å². The second-order valence-corrected chi connectivity index (χ2v) is 8.31. The van der Waals surface area contributed by atoms with Gasteiger partial charge < -0.3 is 4.74 Å². The van der Waals surface area contributed by atoms with Gasteiger partial charge >= 0.3 is 0 Å². The third kappa shape index (κ3) is 4.07. The molecule has 1 nitrogen and oxygen atoms in total. The van der Waals surface area contributed by atoms with Crippen molar-refractivity contribution in [2.24, 2.45) is 11.8 Å². The third-order valence-electron chi connectivity index (χ3n) is 6.67. The molecule has 1 fully saturated rings. The van der Waals surface area contributed by atoms with E-state index < -0.39 is 23.3 Å². The Morgan fingerprint density at radius 1 is 0.862 bits per heavy atom. The Kier molecular flexibility index (Phi) is 5.95. The minimum Gasteiger partial charge on any atom is -0.379 e. The lowest BCUT2D eigenvalue weighted by atomic mass is 9.71. The highest BCUT2D eigenvalue weighted by Gasteiger charge is 2.31. The SMILES string of the molecule is CCOC1CCC(C2CCc3c(ccc(-c4cc(F)c(F)c(F)c4)c3F)C2)CC1. The van der Waals surface area contributed by atoms with Gasteiger partial charge in [0.25, 0.3) is 0 Å². The predicted octanol–water partition coefficient (Wildman–Crippen LogP) is 6.61. The van der Waals surface area contributed by atoms with E-state index in [0.29, 0.717) is 29.9 Å². The molecule has 1 saturated carbocycles. The molecule has 2 aliphatic rings. The van der Waals surface area contributed by atoms with E-state index in [9.17, 15) is 13.2 Å². The summed E-state index contributed by atoms with van der Waals surface area (Å²) in [7, 11) is 0. The van der Waals surface area contributed by atoms with Crippen LogP contribution in [0, 0.1) is 35.1 Å². The number of halogens is 4. The first-order chi connectivity index (χ1) is 14.0. The van der Waals surface area contributed by atoms with Crippen molar-refractivity contribution in [3.8, 4) is 11.1 Å². The molecule has 1 unspecified atom stereocenters. The second-order valence-electron chi connectivity index (χ2n) is 8.31. The molecular weight excluding hydrogens is 380 g/mol. The first kappa shape index (κ1) is 20.4. The molecule has 2 aromatic rings. The molecule has 0 amide bonds. The lowest BCUT2D eigenvalue weighted by molar-refractivity contribution is 0.0170. The van der Waals surface area contributed by atoms with E-state index in [1.165, 1.54) is 0 Å². The fraction of sp³-hybridized carbons (Fsp3) is 0.500. The van der Waals surface area contributed by atoms with Gasteiger partial charge in [0.05, 0.1) is 6.10 Å². The van der Waals surface area contributed by atoms with Gasteiger partial charge in [0.2, 0.25) is 0 Å². The summed E-state index contributed by atoms with van der Waals surface area (Å²) < 4.78 is 61.3. The Morgan fingerprint density at radius 3 is 2.21 bits per heavy atom. The lowest BCUT2D eigenvalue weighted by Gasteiger charge is -2.36. The van der Waals surface area contributed by atoms with Gasteiger partial charge in [-0.05, 0) is 92.5 Å². The average molecular weight is 406 g/mol. The fourth-order valence-electron chi connectivity index (χ4n) is 5.14. The number of rotatable bonds is 4.